The highest BCUT2D eigenvalue weighted by Gasteiger charge is 2.36. The number of fused-ring (bicyclic) bond motifs is 1. The van der Waals surface area contributed by atoms with Gasteiger partial charge in [0.15, 0.2) is 0 Å². The van der Waals surface area contributed by atoms with Crippen LogP contribution in [0.15, 0.2) is 24.3 Å². The van der Waals surface area contributed by atoms with Crippen molar-refractivity contribution in [2.75, 3.05) is 19.6 Å². The minimum absolute atomic E-state index is 0.514. The fraction of sp³-hybridized carbons (Fsp3) is 0.538. The monoisotopic (exact) mass is 220 g/mol. The van der Waals surface area contributed by atoms with E-state index in [2.05, 4.69) is 34.5 Å². The molecule has 0 radical (unpaired) electrons. The highest BCUT2D eigenvalue weighted by molar-refractivity contribution is 5.30. The number of hydrogen-bond donors (Lipinski definition) is 1. The van der Waals surface area contributed by atoms with Crippen LogP contribution in [-0.4, -0.2) is 30.2 Å². The quantitative estimate of drug-likeness (QED) is 0.816. The van der Waals surface area contributed by atoms with Crippen molar-refractivity contribution in [1.82, 2.24) is 10.2 Å². The smallest absolute Gasteiger partial charge is 0.137 e. The number of benzene rings is 1. The lowest BCUT2D eigenvalue weighted by Crippen LogP contribution is -2.39. The second-order valence-corrected chi connectivity index (χ2v) is 4.99. The van der Waals surface area contributed by atoms with Crippen molar-refractivity contribution in [1.29, 1.82) is 0 Å². The molecule has 1 aromatic rings. The molecule has 1 saturated heterocycles. The van der Waals surface area contributed by atoms with E-state index in [1.54, 1.807) is 0 Å². The van der Waals surface area contributed by atoms with Crippen molar-refractivity contribution in [2.24, 2.45) is 0 Å². The normalized spacial score (nSPS) is 29.6. The van der Waals surface area contributed by atoms with Crippen molar-refractivity contribution in [3.05, 3.63) is 35.4 Å². The summed E-state index contributed by atoms with van der Waals surface area (Å²) < 4.78 is 14.3. The molecule has 1 unspecified atom stereocenters. The van der Waals surface area contributed by atoms with Crippen LogP contribution >= 0.6 is 0 Å². The van der Waals surface area contributed by atoms with Crippen LogP contribution in [0.25, 0.3) is 0 Å². The molecule has 0 aromatic heterocycles. The lowest BCUT2D eigenvalue weighted by molar-refractivity contribution is 0.108. The summed E-state index contributed by atoms with van der Waals surface area (Å²) in [6.07, 6.45) is 0.653. The number of halogens is 1. The molecule has 3 heteroatoms. The summed E-state index contributed by atoms with van der Waals surface area (Å²) in [5, 5.41) is 3.11. The topological polar surface area (TPSA) is 15.3 Å². The van der Waals surface area contributed by atoms with E-state index >= 15 is 0 Å². The van der Waals surface area contributed by atoms with Gasteiger partial charge in [-0.3, -0.25) is 4.90 Å². The number of nitrogens with one attached hydrogen (secondary N) is 1. The standard InChI is InChI=1S/C13H17FN2/c14-13(5-6-15-9-13)10-16-7-11-3-1-2-4-12(11)8-16/h1-4,15H,5-10H2. The Kier molecular flexibility index (Phi) is 2.45. The zero-order chi connectivity index (χ0) is 11.0. The average molecular weight is 220 g/mol. The molecular formula is C13H17FN2. The lowest BCUT2D eigenvalue weighted by atomic mass is 10.1. The molecule has 0 saturated carbocycles. The maximum atomic E-state index is 14.3. The molecule has 1 fully saturated rings. The molecule has 2 aliphatic heterocycles. The Morgan fingerprint density at radius 2 is 1.94 bits per heavy atom. The van der Waals surface area contributed by atoms with Crippen LogP contribution in [-0.2, 0) is 13.1 Å². The Morgan fingerprint density at radius 3 is 2.50 bits per heavy atom. The third kappa shape index (κ3) is 1.85. The first-order chi connectivity index (χ1) is 7.75. The maximum absolute atomic E-state index is 14.3. The molecule has 1 atom stereocenters. The van der Waals surface area contributed by atoms with Gasteiger partial charge in [-0.05, 0) is 24.1 Å². The van der Waals surface area contributed by atoms with Crippen LogP contribution in [0, 0.1) is 0 Å². The van der Waals surface area contributed by atoms with Gasteiger partial charge in [-0.2, -0.15) is 0 Å². The molecule has 0 aliphatic carbocycles. The summed E-state index contributed by atoms with van der Waals surface area (Å²) in [6, 6.07) is 8.41. The van der Waals surface area contributed by atoms with Crippen LogP contribution in [0.3, 0.4) is 0 Å². The van der Waals surface area contributed by atoms with Gasteiger partial charge < -0.3 is 5.32 Å². The Bertz CT molecular complexity index is 360. The lowest BCUT2D eigenvalue weighted by Gasteiger charge is -2.25. The fourth-order valence-corrected chi connectivity index (χ4v) is 2.76. The SMILES string of the molecule is FC1(CN2Cc3ccccc3C2)CCNC1. The van der Waals surface area contributed by atoms with E-state index in [4.69, 9.17) is 0 Å². The number of hydrogen-bond acceptors (Lipinski definition) is 2. The second-order valence-electron chi connectivity index (χ2n) is 4.99. The first-order valence-electron chi connectivity index (χ1n) is 5.94. The summed E-state index contributed by atoms with van der Waals surface area (Å²) in [6.45, 7) is 3.70. The first-order valence-corrected chi connectivity index (χ1v) is 5.94. The predicted molar refractivity (Wildman–Crippen MR) is 61.9 cm³/mol. The van der Waals surface area contributed by atoms with Crippen LogP contribution in [0.4, 0.5) is 4.39 Å². The van der Waals surface area contributed by atoms with Gasteiger partial charge in [-0.15, -0.1) is 0 Å². The molecular weight excluding hydrogens is 203 g/mol. The van der Waals surface area contributed by atoms with Crippen LogP contribution in [0.1, 0.15) is 17.5 Å². The van der Waals surface area contributed by atoms with Gasteiger partial charge >= 0.3 is 0 Å². The van der Waals surface area contributed by atoms with E-state index in [1.165, 1.54) is 11.1 Å². The number of alkyl halides is 1. The van der Waals surface area contributed by atoms with Gasteiger partial charge in [0.2, 0.25) is 0 Å². The molecule has 2 nitrogen and oxygen atoms in total. The largest absolute Gasteiger partial charge is 0.313 e. The summed E-state index contributed by atoms with van der Waals surface area (Å²) in [7, 11) is 0. The first kappa shape index (κ1) is 10.2. The number of nitrogens with zero attached hydrogens (tertiary/aromatic N) is 1. The van der Waals surface area contributed by atoms with Gasteiger partial charge in [0.05, 0.1) is 0 Å². The summed E-state index contributed by atoms with van der Waals surface area (Å²) in [4.78, 5) is 2.22. The van der Waals surface area contributed by atoms with Crippen molar-refractivity contribution < 1.29 is 4.39 Å². The summed E-state index contributed by atoms with van der Waals surface area (Å²) in [5.74, 6) is 0. The zero-order valence-corrected chi connectivity index (χ0v) is 9.38. The van der Waals surface area contributed by atoms with E-state index in [1.807, 2.05) is 0 Å². The Hall–Kier alpha value is -0.930. The molecule has 0 spiro atoms. The zero-order valence-electron chi connectivity index (χ0n) is 9.38. The summed E-state index contributed by atoms with van der Waals surface area (Å²) >= 11 is 0. The molecule has 0 bridgehead atoms. The highest BCUT2D eigenvalue weighted by Crippen LogP contribution is 2.27. The highest BCUT2D eigenvalue weighted by atomic mass is 19.1. The van der Waals surface area contributed by atoms with E-state index in [-0.39, 0.29) is 0 Å². The van der Waals surface area contributed by atoms with Gasteiger partial charge in [-0.1, -0.05) is 24.3 Å². The van der Waals surface area contributed by atoms with Gasteiger partial charge in [-0.25, -0.2) is 4.39 Å². The van der Waals surface area contributed by atoms with Crippen molar-refractivity contribution >= 4 is 0 Å². The Labute approximate surface area is 95.4 Å². The summed E-state index contributed by atoms with van der Waals surface area (Å²) in [5.41, 5.74) is 1.70. The minimum Gasteiger partial charge on any atom is -0.313 e. The molecule has 1 aromatic carbocycles. The maximum Gasteiger partial charge on any atom is 0.137 e. The van der Waals surface area contributed by atoms with Crippen molar-refractivity contribution in [2.45, 2.75) is 25.2 Å². The molecule has 16 heavy (non-hydrogen) atoms. The molecule has 3 rings (SSSR count). The van der Waals surface area contributed by atoms with Gasteiger partial charge in [0.1, 0.15) is 5.67 Å². The predicted octanol–water partition coefficient (Wildman–Crippen LogP) is 1.70. The molecule has 2 heterocycles. The van der Waals surface area contributed by atoms with E-state index in [9.17, 15) is 4.39 Å². The third-order valence-electron chi connectivity index (χ3n) is 3.60. The van der Waals surface area contributed by atoms with Crippen LogP contribution in [0.5, 0.6) is 0 Å². The molecule has 86 valence electrons. The third-order valence-corrected chi connectivity index (χ3v) is 3.60. The molecule has 2 aliphatic rings. The Morgan fingerprint density at radius 1 is 1.25 bits per heavy atom. The van der Waals surface area contributed by atoms with E-state index in [0.29, 0.717) is 19.5 Å². The minimum atomic E-state index is -1.01. The average Bonchev–Trinajstić information content (AvgIpc) is 2.84. The van der Waals surface area contributed by atoms with Crippen molar-refractivity contribution in [3.8, 4) is 0 Å². The Balaban J connectivity index is 1.68. The fourth-order valence-electron chi connectivity index (χ4n) is 2.76. The van der Waals surface area contributed by atoms with Gasteiger partial charge in [0.25, 0.3) is 0 Å². The van der Waals surface area contributed by atoms with Gasteiger partial charge in [0, 0.05) is 26.2 Å². The van der Waals surface area contributed by atoms with Crippen LogP contribution in [0.2, 0.25) is 0 Å². The number of rotatable bonds is 2. The molecule has 1 N–H and O–H groups in total. The van der Waals surface area contributed by atoms with Crippen LogP contribution < -0.4 is 5.32 Å². The van der Waals surface area contributed by atoms with E-state index in [0.717, 1.165) is 19.6 Å². The second kappa shape index (κ2) is 3.82. The van der Waals surface area contributed by atoms with E-state index < -0.39 is 5.67 Å². The molecule has 0 amide bonds. The van der Waals surface area contributed by atoms with Crippen molar-refractivity contribution in [3.63, 3.8) is 0 Å².